The summed E-state index contributed by atoms with van der Waals surface area (Å²) in [5.74, 6) is -0.786. The molecule has 2 rings (SSSR count). The first-order chi connectivity index (χ1) is 8.19. The maximum Gasteiger partial charge on any atom is 0.217 e. The van der Waals surface area contributed by atoms with Gasteiger partial charge in [0.15, 0.2) is 0 Å². The van der Waals surface area contributed by atoms with Crippen LogP contribution in [0.2, 0.25) is 0 Å². The molecule has 1 aromatic rings. The molecule has 0 bridgehead atoms. The quantitative estimate of drug-likeness (QED) is 0.594. The molecule has 0 spiro atoms. The molecule has 0 aliphatic heterocycles. The Kier molecular flexibility index (Phi) is 3.33. The Morgan fingerprint density at radius 1 is 1.06 bits per heavy atom. The van der Waals surface area contributed by atoms with Crippen molar-refractivity contribution in [1.82, 2.24) is 0 Å². The van der Waals surface area contributed by atoms with Gasteiger partial charge in [0.1, 0.15) is 6.10 Å². The van der Waals surface area contributed by atoms with E-state index in [1.807, 2.05) is 37.3 Å². The third-order valence-corrected chi connectivity index (χ3v) is 3.37. The molecular weight excluding hydrogens is 216 g/mol. The van der Waals surface area contributed by atoms with Crippen LogP contribution in [0.5, 0.6) is 0 Å². The lowest BCUT2D eigenvalue weighted by Crippen LogP contribution is -2.36. The van der Waals surface area contributed by atoms with Gasteiger partial charge in [0.25, 0.3) is 0 Å². The molecule has 17 heavy (non-hydrogen) atoms. The minimum absolute atomic E-state index is 0.0374. The van der Waals surface area contributed by atoms with Crippen molar-refractivity contribution in [2.75, 3.05) is 21.3 Å². The largest absolute Gasteiger partial charge is 0.373 e. The monoisotopic (exact) mass is 234 g/mol. The summed E-state index contributed by atoms with van der Waals surface area (Å²) in [4.78, 5) is 0. The van der Waals surface area contributed by atoms with Crippen molar-refractivity contribution in [1.29, 1.82) is 0 Å². The van der Waals surface area contributed by atoms with Crippen LogP contribution in [0.4, 0.5) is 0 Å². The van der Waals surface area contributed by atoms with Gasteiger partial charge in [-0.2, -0.15) is 0 Å². The van der Waals surface area contributed by atoms with Crippen molar-refractivity contribution in [3.8, 4) is 0 Å². The third kappa shape index (κ3) is 1.71. The van der Waals surface area contributed by atoms with E-state index in [9.17, 15) is 0 Å². The molecular formula is C14H18O3. The third-order valence-electron chi connectivity index (χ3n) is 3.37. The summed E-state index contributed by atoms with van der Waals surface area (Å²) >= 11 is 0. The summed E-state index contributed by atoms with van der Waals surface area (Å²) < 4.78 is 16.7. The fourth-order valence-electron chi connectivity index (χ4n) is 2.50. The van der Waals surface area contributed by atoms with Crippen molar-refractivity contribution >= 4 is 0 Å². The number of ether oxygens (including phenoxy) is 3. The Morgan fingerprint density at radius 3 is 2.29 bits per heavy atom. The molecule has 1 unspecified atom stereocenters. The minimum Gasteiger partial charge on any atom is -0.373 e. The Labute approximate surface area is 102 Å². The van der Waals surface area contributed by atoms with Crippen LogP contribution in [0.3, 0.4) is 0 Å². The first kappa shape index (κ1) is 12.3. The number of rotatable bonds is 3. The number of hydrogen-bond donors (Lipinski definition) is 0. The summed E-state index contributed by atoms with van der Waals surface area (Å²) in [6.45, 7) is 2.00. The van der Waals surface area contributed by atoms with Crippen molar-refractivity contribution in [2.24, 2.45) is 0 Å². The molecule has 3 nitrogen and oxygen atoms in total. The van der Waals surface area contributed by atoms with Gasteiger partial charge in [-0.1, -0.05) is 24.3 Å². The van der Waals surface area contributed by atoms with E-state index in [0.29, 0.717) is 0 Å². The van der Waals surface area contributed by atoms with Crippen molar-refractivity contribution < 1.29 is 14.2 Å². The second-order valence-electron chi connectivity index (χ2n) is 4.12. The molecule has 1 aromatic carbocycles. The normalized spacial score (nSPS) is 21.9. The number of methoxy groups -OCH3 is 3. The Morgan fingerprint density at radius 2 is 1.71 bits per heavy atom. The van der Waals surface area contributed by atoms with Crippen LogP contribution in [0, 0.1) is 0 Å². The molecule has 0 fully saturated rings. The number of hydrogen-bond acceptors (Lipinski definition) is 3. The molecule has 1 aliphatic carbocycles. The van der Waals surface area contributed by atoms with Crippen LogP contribution in [0.1, 0.15) is 24.2 Å². The van der Waals surface area contributed by atoms with E-state index in [2.05, 4.69) is 0 Å². The fourth-order valence-corrected chi connectivity index (χ4v) is 2.50. The second kappa shape index (κ2) is 4.61. The molecule has 1 atom stereocenters. The maximum atomic E-state index is 5.61. The summed E-state index contributed by atoms with van der Waals surface area (Å²) in [7, 11) is 5.02. The van der Waals surface area contributed by atoms with Crippen LogP contribution in [0.25, 0.3) is 0 Å². The molecule has 0 saturated carbocycles. The molecule has 0 N–H and O–H groups in total. The Bertz CT molecular complexity index is 433. The Hall–Kier alpha value is -1.16. The Balaban J connectivity index is 2.64. The van der Waals surface area contributed by atoms with Gasteiger partial charge in [-0.3, -0.25) is 0 Å². The van der Waals surface area contributed by atoms with E-state index in [1.165, 1.54) is 0 Å². The van der Waals surface area contributed by atoms with E-state index >= 15 is 0 Å². The van der Waals surface area contributed by atoms with E-state index in [4.69, 9.17) is 14.2 Å². The smallest absolute Gasteiger partial charge is 0.217 e. The molecule has 0 radical (unpaired) electrons. The van der Waals surface area contributed by atoms with Gasteiger partial charge in [0, 0.05) is 26.9 Å². The SMILES string of the molecule is COC1C=C(C)C(OC)(OC)c2ccccc21. The zero-order valence-electron chi connectivity index (χ0n) is 10.7. The summed E-state index contributed by atoms with van der Waals surface area (Å²) in [5, 5.41) is 0. The van der Waals surface area contributed by atoms with Gasteiger partial charge in [0.05, 0.1) is 0 Å². The number of fused-ring (bicyclic) bond motifs is 1. The fraction of sp³-hybridized carbons (Fsp3) is 0.429. The van der Waals surface area contributed by atoms with E-state index in [-0.39, 0.29) is 6.10 Å². The highest BCUT2D eigenvalue weighted by molar-refractivity contribution is 5.44. The van der Waals surface area contributed by atoms with Crippen LogP contribution in [-0.2, 0) is 20.0 Å². The molecule has 0 saturated heterocycles. The maximum absolute atomic E-state index is 5.61. The zero-order valence-corrected chi connectivity index (χ0v) is 10.7. The zero-order chi connectivity index (χ0) is 12.5. The van der Waals surface area contributed by atoms with Crippen molar-refractivity contribution in [3.05, 3.63) is 47.0 Å². The molecule has 1 aliphatic rings. The lowest BCUT2D eigenvalue weighted by Gasteiger charge is -2.38. The van der Waals surface area contributed by atoms with Crippen LogP contribution < -0.4 is 0 Å². The molecule has 92 valence electrons. The molecule has 0 aromatic heterocycles. The van der Waals surface area contributed by atoms with Gasteiger partial charge in [-0.25, -0.2) is 0 Å². The average Bonchev–Trinajstić information content (AvgIpc) is 2.38. The van der Waals surface area contributed by atoms with Gasteiger partial charge >= 0.3 is 0 Å². The predicted octanol–water partition coefficient (Wildman–Crippen LogP) is 2.78. The highest BCUT2D eigenvalue weighted by Gasteiger charge is 2.40. The average molecular weight is 234 g/mol. The van der Waals surface area contributed by atoms with Crippen LogP contribution >= 0.6 is 0 Å². The van der Waals surface area contributed by atoms with Crippen molar-refractivity contribution in [3.63, 3.8) is 0 Å². The summed E-state index contributed by atoms with van der Waals surface area (Å²) in [6, 6.07) is 8.04. The summed E-state index contributed by atoms with van der Waals surface area (Å²) in [6.07, 6.45) is 2.00. The van der Waals surface area contributed by atoms with Gasteiger partial charge < -0.3 is 14.2 Å². The topological polar surface area (TPSA) is 27.7 Å². The van der Waals surface area contributed by atoms with Crippen molar-refractivity contribution in [2.45, 2.75) is 18.8 Å². The van der Waals surface area contributed by atoms with Crippen LogP contribution in [0.15, 0.2) is 35.9 Å². The predicted molar refractivity (Wildman–Crippen MR) is 65.6 cm³/mol. The van der Waals surface area contributed by atoms with Gasteiger partial charge in [-0.05, 0) is 24.1 Å². The summed E-state index contributed by atoms with van der Waals surface area (Å²) in [5.41, 5.74) is 3.11. The lowest BCUT2D eigenvalue weighted by atomic mass is 9.85. The van der Waals surface area contributed by atoms with Gasteiger partial charge in [-0.15, -0.1) is 0 Å². The van der Waals surface area contributed by atoms with E-state index in [0.717, 1.165) is 16.7 Å². The molecule has 0 amide bonds. The lowest BCUT2D eigenvalue weighted by molar-refractivity contribution is -0.190. The molecule has 3 heteroatoms. The first-order valence-corrected chi connectivity index (χ1v) is 5.61. The first-order valence-electron chi connectivity index (χ1n) is 5.61. The van der Waals surface area contributed by atoms with E-state index < -0.39 is 5.79 Å². The molecule has 0 heterocycles. The highest BCUT2D eigenvalue weighted by Crippen LogP contribution is 2.43. The number of benzene rings is 1. The van der Waals surface area contributed by atoms with Gasteiger partial charge in [0.2, 0.25) is 5.79 Å². The van der Waals surface area contributed by atoms with Crippen LogP contribution in [-0.4, -0.2) is 21.3 Å². The second-order valence-corrected chi connectivity index (χ2v) is 4.12. The highest BCUT2D eigenvalue weighted by atomic mass is 16.7. The minimum atomic E-state index is -0.786. The standard InChI is InChI=1S/C14H18O3/c1-10-9-13(15-2)11-7-5-6-8-12(11)14(10,16-3)17-4/h5-9,13H,1-4H3. The van der Waals surface area contributed by atoms with E-state index in [1.54, 1.807) is 21.3 Å².